The highest BCUT2D eigenvalue weighted by atomic mass is 16.5. The Labute approximate surface area is 211 Å². The third-order valence-corrected chi connectivity index (χ3v) is 9.62. The molecule has 35 heavy (non-hydrogen) atoms. The number of phenolic OH excluding ortho intramolecular Hbond substituents is 1. The molecule has 1 N–H and O–H groups in total. The largest absolute Gasteiger partial charge is 0.508 e. The minimum absolute atomic E-state index is 0.419. The molecule has 0 heterocycles. The van der Waals surface area contributed by atoms with E-state index in [2.05, 4.69) is 38.9 Å². The first-order valence-corrected chi connectivity index (χ1v) is 13.7. The van der Waals surface area contributed by atoms with E-state index in [4.69, 9.17) is 9.47 Å². The van der Waals surface area contributed by atoms with Crippen molar-refractivity contribution in [2.45, 2.75) is 58.3 Å². The summed E-state index contributed by atoms with van der Waals surface area (Å²) in [6, 6.07) is 14.2. The Kier molecular flexibility index (Phi) is 7.03. The number of rotatable bonds is 8. The van der Waals surface area contributed by atoms with Crippen molar-refractivity contribution < 1.29 is 14.6 Å². The van der Waals surface area contributed by atoms with E-state index in [1.165, 1.54) is 36.8 Å². The van der Waals surface area contributed by atoms with Crippen LogP contribution in [0.2, 0.25) is 0 Å². The van der Waals surface area contributed by atoms with Gasteiger partial charge in [0.1, 0.15) is 23.9 Å². The minimum Gasteiger partial charge on any atom is -0.508 e. The van der Waals surface area contributed by atoms with Gasteiger partial charge in [-0.15, -0.1) is 0 Å². The Morgan fingerprint density at radius 1 is 0.971 bits per heavy atom. The van der Waals surface area contributed by atoms with Crippen LogP contribution in [0.3, 0.4) is 0 Å². The van der Waals surface area contributed by atoms with E-state index in [0.717, 1.165) is 55.2 Å². The summed E-state index contributed by atoms with van der Waals surface area (Å²) in [5.41, 5.74) is 3.34. The highest BCUT2D eigenvalue weighted by Crippen LogP contribution is 2.64. The highest BCUT2D eigenvalue weighted by Gasteiger charge is 2.55. The van der Waals surface area contributed by atoms with Gasteiger partial charge >= 0.3 is 0 Å². The van der Waals surface area contributed by atoms with Gasteiger partial charge in [0.15, 0.2) is 0 Å². The first-order chi connectivity index (χ1) is 16.8. The maximum absolute atomic E-state index is 10.0. The second-order valence-corrected chi connectivity index (χ2v) is 11.9. The van der Waals surface area contributed by atoms with Crippen LogP contribution in [0.1, 0.15) is 63.0 Å². The van der Waals surface area contributed by atoms with Crippen LogP contribution in [0.5, 0.6) is 17.2 Å². The molecule has 3 aliphatic rings. The summed E-state index contributed by atoms with van der Waals surface area (Å²) in [6.07, 6.45) is 7.55. The molecule has 5 unspecified atom stereocenters. The van der Waals surface area contributed by atoms with Gasteiger partial charge in [-0.2, -0.15) is 0 Å². The molecule has 0 spiro atoms. The number of likely N-dealkylation sites (N-methyl/N-ethyl adjacent to an activating group) is 1. The molecule has 0 amide bonds. The topological polar surface area (TPSA) is 41.9 Å². The lowest BCUT2D eigenvalue weighted by molar-refractivity contribution is 0.000917. The molecule has 2 aromatic rings. The molecule has 2 saturated carbocycles. The molecule has 4 heteroatoms. The Morgan fingerprint density at radius 3 is 2.40 bits per heavy atom. The smallest absolute Gasteiger partial charge is 0.119 e. The van der Waals surface area contributed by atoms with Crippen molar-refractivity contribution >= 4 is 0 Å². The van der Waals surface area contributed by atoms with Crippen LogP contribution in [-0.2, 0) is 6.42 Å². The molecular formula is C31H43NO3. The fourth-order valence-corrected chi connectivity index (χ4v) is 7.84. The van der Waals surface area contributed by atoms with E-state index in [1.54, 1.807) is 0 Å². The van der Waals surface area contributed by atoms with Crippen LogP contribution in [0.4, 0.5) is 0 Å². The van der Waals surface area contributed by atoms with Crippen molar-refractivity contribution in [2.75, 3.05) is 33.9 Å². The number of aromatic hydroxyl groups is 1. The Morgan fingerprint density at radius 2 is 1.69 bits per heavy atom. The van der Waals surface area contributed by atoms with E-state index >= 15 is 0 Å². The quantitative estimate of drug-likeness (QED) is 0.470. The zero-order chi connectivity index (χ0) is 24.6. The molecule has 2 aromatic carbocycles. The fourth-order valence-electron chi connectivity index (χ4n) is 7.84. The summed E-state index contributed by atoms with van der Waals surface area (Å²) in [5, 5.41) is 10.0. The van der Waals surface area contributed by atoms with Gasteiger partial charge in [-0.25, -0.2) is 0 Å². The van der Waals surface area contributed by atoms with Crippen molar-refractivity contribution in [1.29, 1.82) is 0 Å². The fraction of sp³-hybridized carbons (Fsp3) is 0.613. The first kappa shape index (κ1) is 24.5. The molecule has 0 bridgehead atoms. The van der Waals surface area contributed by atoms with E-state index in [0.29, 0.717) is 29.6 Å². The summed E-state index contributed by atoms with van der Waals surface area (Å²) in [5.74, 6) is 5.94. The van der Waals surface area contributed by atoms with Crippen molar-refractivity contribution in [3.05, 3.63) is 53.6 Å². The molecule has 0 radical (unpaired) electrons. The number of ether oxygens (including phenoxy) is 2. The molecular weight excluding hydrogens is 434 g/mol. The Hall–Kier alpha value is -2.20. The summed E-state index contributed by atoms with van der Waals surface area (Å²) >= 11 is 0. The van der Waals surface area contributed by atoms with E-state index in [9.17, 15) is 5.11 Å². The van der Waals surface area contributed by atoms with Crippen molar-refractivity contribution in [1.82, 2.24) is 4.90 Å². The van der Waals surface area contributed by atoms with Crippen LogP contribution in [0.15, 0.2) is 42.5 Å². The van der Waals surface area contributed by atoms with Gasteiger partial charge in [0.25, 0.3) is 0 Å². The lowest BCUT2D eigenvalue weighted by Gasteiger charge is -2.53. The SMILES string of the molecule is CC1Cc2cc(O)ccc2C2CCC3(C)C(CC[C@@H]3CCOc3ccc(OCCN(C)C)cc3)C12. The summed E-state index contributed by atoms with van der Waals surface area (Å²) in [4.78, 5) is 2.12. The average Bonchev–Trinajstić information content (AvgIpc) is 3.15. The van der Waals surface area contributed by atoms with Crippen LogP contribution in [-0.4, -0.2) is 43.9 Å². The van der Waals surface area contributed by atoms with Gasteiger partial charge < -0.3 is 19.5 Å². The van der Waals surface area contributed by atoms with Gasteiger partial charge in [0, 0.05) is 6.54 Å². The number of benzene rings is 2. The standard InChI is InChI=1S/C31H43NO3/c1-21-19-22-20-24(33)6-11-27(22)28-13-15-31(2)23(5-12-29(31)30(21)28)14-17-34-25-7-9-26(10-8-25)35-18-16-32(3)4/h6-11,20-21,23,28-30,33H,5,12-19H2,1-4H3/t21?,23-,28?,29?,30?,31?/m1/s1. The number of hydrogen-bond acceptors (Lipinski definition) is 4. The van der Waals surface area contributed by atoms with Crippen LogP contribution < -0.4 is 9.47 Å². The highest BCUT2D eigenvalue weighted by molar-refractivity contribution is 5.40. The molecule has 190 valence electrons. The Balaban J connectivity index is 1.18. The lowest BCUT2D eigenvalue weighted by atomic mass is 9.51. The summed E-state index contributed by atoms with van der Waals surface area (Å²) in [6.45, 7) is 7.45. The molecule has 0 saturated heterocycles. The maximum Gasteiger partial charge on any atom is 0.119 e. The normalized spacial score (nSPS) is 31.5. The van der Waals surface area contributed by atoms with Crippen LogP contribution >= 0.6 is 0 Å². The molecule has 0 aliphatic heterocycles. The summed E-state index contributed by atoms with van der Waals surface area (Å²) in [7, 11) is 4.11. The van der Waals surface area contributed by atoms with Gasteiger partial charge in [-0.05, 0) is 135 Å². The van der Waals surface area contributed by atoms with Crippen molar-refractivity contribution in [3.63, 3.8) is 0 Å². The zero-order valence-electron chi connectivity index (χ0n) is 22.0. The van der Waals surface area contributed by atoms with E-state index in [-0.39, 0.29) is 0 Å². The number of fused-ring (bicyclic) bond motifs is 5. The minimum atomic E-state index is 0.419. The molecule has 4 nitrogen and oxygen atoms in total. The second kappa shape index (κ2) is 10.0. The van der Waals surface area contributed by atoms with Crippen molar-refractivity contribution in [3.8, 4) is 17.2 Å². The summed E-state index contributed by atoms with van der Waals surface area (Å²) < 4.78 is 12.0. The molecule has 6 atom stereocenters. The number of nitrogens with zero attached hydrogens (tertiary/aromatic N) is 1. The number of hydrogen-bond donors (Lipinski definition) is 1. The monoisotopic (exact) mass is 477 g/mol. The third kappa shape index (κ3) is 4.91. The van der Waals surface area contributed by atoms with Crippen LogP contribution in [0, 0.1) is 29.1 Å². The van der Waals surface area contributed by atoms with Crippen molar-refractivity contribution in [2.24, 2.45) is 29.1 Å². The predicted octanol–water partition coefficient (Wildman–Crippen LogP) is 6.52. The first-order valence-electron chi connectivity index (χ1n) is 13.7. The van der Waals surface area contributed by atoms with E-state index < -0.39 is 0 Å². The zero-order valence-corrected chi connectivity index (χ0v) is 22.0. The second-order valence-electron chi connectivity index (χ2n) is 11.9. The van der Waals surface area contributed by atoms with Gasteiger partial charge in [-0.3, -0.25) is 0 Å². The predicted molar refractivity (Wildman–Crippen MR) is 141 cm³/mol. The number of phenols is 1. The molecule has 5 rings (SSSR count). The lowest BCUT2D eigenvalue weighted by Crippen LogP contribution is -2.45. The molecule has 3 aliphatic carbocycles. The van der Waals surface area contributed by atoms with Crippen LogP contribution in [0.25, 0.3) is 0 Å². The molecule has 2 fully saturated rings. The molecule has 0 aromatic heterocycles. The van der Waals surface area contributed by atoms with Gasteiger partial charge in [0.05, 0.1) is 6.61 Å². The van der Waals surface area contributed by atoms with Gasteiger partial charge in [0.2, 0.25) is 0 Å². The average molecular weight is 478 g/mol. The third-order valence-electron chi connectivity index (χ3n) is 9.62. The van der Waals surface area contributed by atoms with E-state index in [1.807, 2.05) is 36.4 Å². The Bertz CT molecular complexity index is 1000. The maximum atomic E-state index is 10.0. The van der Waals surface area contributed by atoms with Gasteiger partial charge in [-0.1, -0.05) is 19.9 Å².